The van der Waals surface area contributed by atoms with E-state index in [1.807, 2.05) is 6.92 Å². The molecule has 0 saturated heterocycles. The number of Topliss-reactive ketones (excluding diaryl/α,β-unsaturated/α-hetero) is 1. The number of ether oxygens (including phenoxy) is 1. The van der Waals surface area contributed by atoms with Gasteiger partial charge in [-0.25, -0.2) is 4.79 Å². The number of esters is 1. The van der Waals surface area contributed by atoms with Gasteiger partial charge in [-0.05, 0) is 36.6 Å². The van der Waals surface area contributed by atoms with Crippen LogP contribution in [0.1, 0.15) is 43.4 Å². The van der Waals surface area contributed by atoms with E-state index in [1.54, 1.807) is 26.0 Å². The normalized spacial score (nSPS) is 17.7. The van der Waals surface area contributed by atoms with Crippen LogP contribution < -0.4 is 0 Å². The van der Waals surface area contributed by atoms with E-state index < -0.39 is 17.7 Å². The molecule has 0 spiro atoms. The third-order valence-corrected chi connectivity index (χ3v) is 3.87. The van der Waals surface area contributed by atoms with Crippen molar-refractivity contribution in [2.24, 2.45) is 0 Å². The second-order valence-corrected chi connectivity index (χ2v) is 5.35. The van der Waals surface area contributed by atoms with Crippen LogP contribution >= 0.6 is 11.6 Å². The van der Waals surface area contributed by atoms with Crippen molar-refractivity contribution in [3.63, 3.8) is 0 Å². The third-order valence-electron chi connectivity index (χ3n) is 3.66. The summed E-state index contributed by atoms with van der Waals surface area (Å²) in [4.78, 5) is 24.3. The predicted molar refractivity (Wildman–Crippen MR) is 80.4 cm³/mol. The smallest absolute Gasteiger partial charge is 0.345 e. The Morgan fingerprint density at radius 3 is 2.62 bits per heavy atom. The average Bonchev–Trinajstić information content (AvgIpc) is 2.44. The lowest BCUT2D eigenvalue weighted by Crippen LogP contribution is -2.27. The number of aryl methyl sites for hydroxylation is 1. The standard InChI is InChI=1S/C16H17ClO4/c1-4-9-6-10(17)7-11-8(3)14(18)13(15(19)12(9)11)16(20)21-5-2/h6-8,19H,4-5H2,1-3H3. The van der Waals surface area contributed by atoms with Gasteiger partial charge in [0.05, 0.1) is 6.61 Å². The Hall–Kier alpha value is -1.81. The van der Waals surface area contributed by atoms with Crippen molar-refractivity contribution in [3.8, 4) is 0 Å². The highest BCUT2D eigenvalue weighted by atomic mass is 35.5. The zero-order valence-electron chi connectivity index (χ0n) is 12.2. The molecule has 2 rings (SSSR count). The zero-order chi connectivity index (χ0) is 15.7. The largest absolute Gasteiger partial charge is 0.506 e. The highest BCUT2D eigenvalue weighted by Gasteiger charge is 2.37. The SMILES string of the molecule is CCOC(=O)C1=C(O)c2c(CC)cc(Cl)cc2C(C)C1=O. The number of carbonyl (C=O) groups is 2. The topological polar surface area (TPSA) is 63.6 Å². The molecule has 0 fully saturated rings. The molecule has 0 radical (unpaired) electrons. The van der Waals surface area contributed by atoms with Crippen LogP contribution in [0.3, 0.4) is 0 Å². The highest BCUT2D eigenvalue weighted by Crippen LogP contribution is 2.39. The molecule has 0 aliphatic heterocycles. The van der Waals surface area contributed by atoms with Gasteiger partial charge in [-0.1, -0.05) is 25.4 Å². The van der Waals surface area contributed by atoms with Crippen LogP contribution in [0.4, 0.5) is 0 Å². The molecule has 0 saturated carbocycles. The van der Waals surface area contributed by atoms with Crippen molar-refractivity contribution in [1.29, 1.82) is 0 Å². The molecule has 1 N–H and O–H groups in total. The van der Waals surface area contributed by atoms with Crippen LogP contribution in [0, 0.1) is 0 Å². The van der Waals surface area contributed by atoms with Gasteiger partial charge in [-0.2, -0.15) is 0 Å². The number of halogens is 1. The van der Waals surface area contributed by atoms with Gasteiger partial charge in [0.2, 0.25) is 0 Å². The van der Waals surface area contributed by atoms with Crippen molar-refractivity contribution < 1.29 is 19.4 Å². The molecular formula is C16H17ClO4. The zero-order valence-corrected chi connectivity index (χ0v) is 13.0. The molecule has 112 valence electrons. The number of rotatable bonds is 3. The van der Waals surface area contributed by atoms with Gasteiger partial charge in [0, 0.05) is 16.5 Å². The Morgan fingerprint density at radius 1 is 1.38 bits per heavy atom. The second kappa shape index (κ2) is 5.90. The van der Waals surface area contributed by atoms with Crippen LogP contribution in [0.25, 0.3) is 5.76 Å². The lowest BCUT2D eigenvalue weighted by molar-refractivity contribution is -0.140. The van der Waals surface area contributed by atoms with Gasteiger partial charge < -0.3 is 9.84 Å². The van der Waals surface area contributed by atoms with Gasteiger partial charge in [0.25, 0.3) is 0 Å². The summed E-state index contributed by atoms with van der Waals surface area (Å²) in [5.41, 5.74) is 1.71. The summed E-state index contributed by atoms with van der Waals surface area (Å²) in [5.74, 6) is -2.07. The number of hydrogen-bond donors (Lipinski definition) is 1. The fourth-order valence-corrected chi connectivity index (χ4v) is 2.84. The molecule has 0 amide bonds. The highest BCUT2D eigenvalue weighted by molar-refractivity contribution is 6.31. The van der Waals surface area contributed by atoms with Gasteiger partial charge >= 0.3 is 5.97 Å². The first kappa shape index (κ1) is 15.6. The number of fused-ring (bicyclic) bond motifs is 1. The molecule has 21 heavy (non-hydrogen) atoms. The summed E-state index contributed by atoms with van der Waals surface area (Å²) in [7, 11) is 0. The molecule has 0 bridgehead atoms. The lowest BCUT2D eigenvalue weighted by Gasteiger charge is -2.25. The summed E-state index contributed by atoms with van der Waals surface area (Å²) in [6.45, 7) is 5.41. The fourth-order valence-electron chi connectivity index (χ4n) is 2.60. The molecule has 1 aromatic rings. The second-order valence-electron chi connectivity index (χ2n) is 4.91. The molecule has 4 nitrogen and oxygen atoms in total. The van der Waals surface area contributed by atoms with Gasteiger partial charge in [-0.3, -0.25) is 4.79 Å². The average molecular weight is 309 g/mol. The summed E-state index contributed by atoms with van der Waals surface area (Å²) in [6, 6.07) is 3.40. The Balaban J connectivity index is 2.72. The van der Waals surface area contributed by atoms with Crippen molar-refractivity contribution in [2.45, 2.75) is 33.1 Å². The van der Waals surface area contributed by atoms with Gasteiger partial charge in [0.15, 0.2) is 5.78 Å². The Kier molecular flexibility index (Phi) is 4.37. The summed E-state index contributed by atoms with van der Waals surface area (Å²) < 4.78 is 4.88. The van der Waals surface area contributed by atoms with Crippen LogP contribution in [-0.2, 0) is 20.7 Å². The fraction of sp³-hybridized carbons (Fsp3) is 0.375. The Morgan fingerprint density at radius 2 is 2.05 bits per heavy atom. The van der Waals surface area contributed by atoms with Crippen molar-refractivity contribution in [3.05, 3.63) is 39.4 Å². The van der Waals surface area contributed by atoms with E-state index in [9.17, 15) is 14.7 Å². The molecule has 0 aromatic heterocycles. The van der Waals surface area contributed by atoms with Gasteiger partial charge in [-0.15, -0.1) is 0 Å². The van der Waals surface area contributed by atoms with E-state index in [1.165, 1.54) is 0 Å². The predicted octanol–water partition coefficient (Wildman–Crippen LogP) is 3.42. The van der Waals surface area contributed by atoms with Crippen molar-refractivity contribution >= 4 is 29.1 Å². The number of ketones is 1. The third kappa shape index (κ3) is 2.56. The number of aliphatic hydroxyl groups is 1. The summed E-state index contributed by atoms with van der Waals surface area (Å²) in [5, 5.41) is 10.9. The Bertz CT molecular complexity index is 646. The minimum absolute atomic E-state index is 0.144. The molecule has 0 heterocycles. The first-order valence-corrected chi connectivity index (χ1v) is 7.27. The first-order chi connectivity index (χ1) is 9.92. The molecular weight excluding hydrogens is 292 g/mol. The minimum atomic E-state index is -0.783. The number of aliphatic hydroxyl groups excluding tert-OH is 1. The quantitative estimate of drug-likeness (QED) is 0.686. The summed E-state index contributed by atoms with van der Waals surface area (Å²) in [6.07, 6.45) is 0.629. The van der Waals surface area contributed by atoms with E-state index >= 15 is 0 Å². The molecule has 1 aromatic carbocycles. The number of benzene rings is 1. The van der Waals surface area contributed by atoms with Crippen LogP contribution in [0.15, 0.2) is 17.7 Å². The Labute approximate surface area is 128 Å². The monoisotopic (exact) mass is 308 g/mol. The molecule has 1 aliphatic carbocycles. The van der Waals surface area contributed by atoms with Crippen molar-refractivity contribution in [2.75, 3.05) is 6.61 Å². The van der Waals surface area contributed by atoms with E-state index in [-0.39, 0.29) is 17.9 Å². The maximum atomic E-state index is 12.4. The van der Waals surface area contributed by atoms with Gasteiger partial charge in [0.1, 0.15) is 11.3 Å². The summed E-state index contributed by atoms with van der Waals surface area (Å²) >= 11 is 6.07. The van der Waals surface area contributed by atoms with E-state index in [2.05, 4.69) is 0 Å². The maximum absolute atomic E-state index is 12.4. The lowest BCUT2D eigenvalue weighted by atomic mass is 9.79. The van der Waals surface area contributed by atoms with Crippen LogP contribution in [0.2, 0.25) is 5.02 Å². The number of carbonyl (C=O) groups excluding carboxylic acids is 2. The molecule has 1 unspecified atom stereocenters. The van der Waals surface area contributed by atoms with E-state index in [4.69, 9.17) is 16.3 Å². The molecule has 1 atom stereocenters. The first-order valence-electron chi connectivity index (χ1n) is 6.89. The van der Waals surface area contributed by atoms with Crippen LogP contribution in [0.5, 0.6) is 0 Å². The van der Waals surface area contributed by atoms with E-state index in [0.717, 1.165) is 5.56 Å². The molecule has 5 heteroatoms. The maximum Gasteiger partial charge on any atom is 0.345 e. The van der Waals surface area contributed by atoms with E-state index in [0.29, 0.717) is 22.6 Å². The van der Waals surface area contributed by atoms with Crippen LogP contribution in [-0.4, -0.2) is 23.5 Å². The minimum Gasteiger partial charge on any atom is -0.506 e. The number of hydrogen-bond acceptors (Lipinski definition) is 4. The molecule has 1 aliphatic rings. The van der Waals surface area contributed by atoms with Crippen molar-refractivity contribution in [1.82, 2.24) is 0 Å².